The fourth-order valence-corrected chi connectivity index (χ4v) is 3.17. The molecule has 0 atom stereocenters. The highest BCUT2D eigenvalue weighted by molar-refractivity contribution is 5.94. The molecule has 6 heteroatoms. The van der Waals surface area contributed by atoms with Gasteiger partial charge in [-0.05, 0) is 55.8 Å². The fourth-order valence-electron chi connectivity index (χ4n) is 3.17. The van der Waals surface area contributed by atoms with Crippen LogP contribution >= 0.6 is 0 Å². The number of hydrogen-bond acceptors (Lipinski definition) is 5. The Hall–Kier alpha value is -2.18. The molecule has 1 aromatic rings. The number of benzene rings is 1. The van der Waals surface area contributed by atoms with Crippen molar-refractivity contribution in [2.75, 3.05) is 19.8 Å². The highest BCUT2D eigenvalue weighted by Crippen LogP contribution is 2.19. The van der Waals surface area contributed by atoms with Gasteiger partial charge in [0.05, 0.1) is 0 Å². The standard InChI is InChI=1S/C20H27N3O3/c21-20(24)17-3-6-19(23-14-17)26-18-4-1-16(2-5-18)13-22-10-7-15-8-11-25-12-9-15/h1-2,4-5,14-15,22H,3,6-13H2,(H2,21,24). The second kappa shape index (κ2) is 9.50. The van der Waals surface area contributed by atoms with Crippen molar-refractivity contribution in [3.05, 3.63) is 41.6 Å². The van der Waals surface area contributed by atoms with Crippen LogP contribution in [0.15, 0.2) is 41.0 Å². The molecule has 0 unspecified atom stereocenters. The van der Waals surface area contributed by atoms with Crippen LogP contribution in [0.3, 0.4) is 0 Å². The van der Waals surface area contributed by atoms with Crippen LogP contribution in [0.2, 0.25) is 0 Å². The average Bonchev–Trinajstić information content (AvgIpc) is 2.68. The first-order valence-electron chi connectivity index (χ1n) is 9.31. The third kappa shape index (κ3) is 5.68. The number of nitrogens with zero attached hydrogens (tertiary/aromatic N) is 1. The maximum atomic E-state index is 11.1. The third-order valence-electron chi connectivity index (χ3n) is 4.85. The quantitative estimate of drug-likeness (QED) is 0.734. The highest BCUT2D eigenvalue weighted by Gasteiger charge is 2.14. The van der Waals surface area contributed by atoms with Crippen molar-refractivity contribution in [2.45, 2.75) is 38.6 Å². The first-order chi connectivity index (χ1) is 12.7. The molecule has 1 saturated heterocycles. The Morgan fingerprint density at radius 1 is 1.23 bits per heavy atom. The molecule has 140 valence electrons. The molecule has 2 aliphatic heterocycles. The van der Waals surface area contributed by atoms with E-state index in [0.29, 0.717) is 24.3 Å². The Morgan fingerprint density at radius 3 is 2.65 bits per heavy atom. The van der Waals surface area contributed by atoms with Gasteiger partial charge in [-0.1, -0.05) is 12.1 Å². The second-order valence-corrected chi connectivity index (χ2v) is 6.81. The van der Waals surface area contributed by atoms with E-state index in [-0.39, 0.29) is 0 Å². The summed E-state index contributed by atoms with van der Waals surface area (Å²) in [4.78, 5) is 15.3. The molecule has 0 bridgehead atoms. The summed E-state index contributed by atoms with van der Waals surface area (Å²) in [6.07, 6.45) is 6.25. The van der Waals surface area contributed by atoms with E-state index in [1.807, 2.05) is 12.1 Å². The lowest BCUT2D eigenvalue weighted by atomic mass is 9.97. The number of ether oxygens (including phenoxy) is 2. The lowest BCUT2D eigenvalue weighted by Gasteiger charge is -2.21. The number of nitrogens with two attached hydrogens (primary N) is 1. The van der Waals surface area contributed by atoms with Crippen molar-refractivity contribution in [1.29, 1.82) is 0 Å². The highest BCUT2D eigenvalue weighted by atomic mass is 16.5. The van der Waals surface area contributed by atoms with Gasteiger partial charge in [-0.15, -0.1) is 0 Å². The number of carbonyl (C=O) groups excluding carboxylic acids is 1. The molecule has 1 amide bonds. The molecule has 3 rings (SSSR count). The third-order valence-corrected chi connectivity index (χ3v) is 4.85. The van der Waals surface area contributed by atoms with Crippen LogP contribution in [-0.2, 0) is 16.1 Å². The van der Waals surface area contributed by atoms with E-state index in [0.717, 1.165) is 38.0 Å². The first kappa shape index (κ1) is 18.6. The average molecular weight is 357 g/mol. The van der Waals surface area contributed by atoms with E-state index in [2.05, 4.69) is 22.4 Å². The predicted octanol–water partition coefficient (Wildman–Crippen LogP) is 2.53. The minimum atomic E-state index is -0.415. The van der Waals surface area contributed by atoms with Gasteiger partial charge in [0.15, 0.2) is 5.90 Å². The molecule has 0 aliphatic carbocycles. The Bertz CT molecular complexity index is 661. The molecule has 0 radical (unpaired) electrons. The molecule has 0 spiro atoms. The van der Waals surface area contributed by atoms with Crippen LogP contribution in [0, 0.1) is 5.92 Å². The van der Waals surface area contributed by atoms with Crippen molar-refractivity contribution in [2.24, 2.45) is 16.6 Å². The number of aliphatic imine (C=N–C) groups is 1. The minimum absolute atomic E-state index is 0.415. The van der Waals surface area contributed by atoms with Crippen molar-refractivity contribution in [3.63, 3.8) is 0 Å². The molecule has 0 aromatic heterocycles. The van der Waals surface area contributed by atoms with Crippen molar-refractivity contribution in [1.82, 2.24) is 5.32 Å². The van der Waals surface area contributed by atoms with E-state index >= 15 is 0 Å². The lowest BCUT2D eigenvalue weighted by Crippen LogP contribution is -2.22. The summed E-state index contributed by atoms with van der Waals surface area (Å²) in [6, 6.07) is 8.02. The van der Waals surface area contributed by atoms with Gasteiger partial charge in [-0.2, -0.15) is 0 Å². The zero-order valence-corrected chi connectivity index (χ0v) is 15.1. The fraction of sp³-hybridized carbons (Fsp3) is 0.500. The summed E-state index contributed by atoms with van der Waals surface area (Å²) in [5.74, 6) is 1.75. The van der Waals surface area contributed by atoms with Gasteiger partial charge in [0.2, 0.25) is 5.91 Å². The molecular weight excluding hydrogens is 330 g/mol. The Morgan fingerprint density at radius 2 is 2.00 bits per heavy atom. The summed E-state index contributed by atoms with van der Waals surface area (Å²) in [5.41, 5.74) is 7.01. The van der Waals surface area contributed by atoms with Crippen LogP contribution in [0.1, 0.15) is 37.7 Å². The zero-order valence-electron chi connectivity index (χ0n) is 15.1. The van der Waals surface area contributed by atoms with Gasteiger partial charge in [-0.25, -0.2) is 4.99 Å². The van der Waals surface area contributed by atoms with Crippen LogP contribution in [0.25, 0.3) is 0 Å². The number of hydrogen-bond donors (Lipinski definition) is 2. The summed E-state index contributed by atoms with van der Waals surface area (Å²) < 4.78 is 11.2. The molecule has 3 N–H and O–H groups in total. The number of amides is 1. The Kier molecular flexibility index (Phi) is 6.80. The molecule has 6 nitrogen and oxygen atoms in total. The second-order valence-electron chi connectivity index (χ2n) is 6.81. The minimum Gasteiger partial charge on any atom is -0.443 e. The molecule has 2 heterocycles. The maximum absolute atomic E-state index is 11.1. The summed E-state index contributed by atoms with van der Waals surface area (Å²) in [6.45, 7) is 3.72. The van der Waals surface area contributed by atoms with Gasteiger partial charge >= 0.3 is 0 Å². The van der Waals surface area contributed by atoms with Crippen LogP contribution in [-0.4, -0.2) is 31.6 Å². The van der Waals surface area contributed by atoms with E-state index in [1.54, 1.807) is 0 Å². The number of primary amides is 1. The lowest BCUT2D eigenvalue weighted by molar-refractivity contribution is -0.114. The summed E-state index contributed by atoms with van der Waals surface area (Å²) in [7, 11) is 0. The largest absolute Gasteiger partial charge is 0.443 e. The van der Waals surface area contributed by atoms with Gasteiger partial charge in [0.1, 0.15) is 5.75 Å². The van der Waals surface area contributed by atoms with Gasteiger partial charge in [0.25, 0.3) is 0 Å². The molecular formula is C20H27N3O3. The van der Waals surface area contributed by atoms with Gasteiger partial charge in [0, 0.05) is 38.0 Å². The van der Waals surface area contributed by atoms with Gasteiger partial charge < -0.3 is 20.5 Å². The maximum Gasteiger partial charge on any atom is 0.246 e. The van der Waals surface area contributed by atoms with Crippen LogP contribution < -0.4 is 15.8 Å². The molecule has 1 aromatic carbocycles. The van der Waals surface area contributed by atoms with E-state index in [9.17, 15) is 4.79 Å². The monoisotopic (exact) mass is 357 g/mol. The van der Waals surface area contributed by atoms with Crippen molar-refractivity contribution < 1.29 is 14.3 Å². The molecule has 26 heavy (non-hydrogen) atoms. The van der Waals surface area contributed by atoms with Crippen molar-refractivity contribution in [3.8, 4) is 5.75 Å². The van der Waals surface area contributed by atoms with Crippen LogP contribution in [0.4, 0.5) is 0 Å². The summed E-state index contributed by atoms with van der Waals surface area (Å²) >= 11 is 0. The SMILES string of the molecule is NC(=O)C1=CN=C(Oc2ccc(CNCCC3CCOCC3)cc2)CC1. The van der Waals surface area contributed by atoms with E-state index in [4.69, 9.17) is 15.2 Å². The zero-order chi connectivity index (χ0) is 18.2. The molecule has 1 fully saturated rings. The van der Waals surface area contributed by atoms with Crippen LogP contribution in [0.5, 0.6) is 5.75 Å². The predicted molar refractivity (Wildman–Crippen MR) is 101 cm³/mol. The summed E-state index contributed by atoms with van der Waals surface area (Å²) in [5, 5.41) is 3.51. The molecule has 2 aliphatic rings. The Labute approximate surface area is 154 Å². The normalized spacial score (nSPS) is 18.2. The topological polar surface area (TPSA) is 85.9 Å². The number of nitrogens with one attached hydrogen (secondary N) is 1. The van der Waals surface area contributed by atoms with E-state index < -0.39 is 5.91 Å². The van der Waals surface area contributed by atoms with Gasteiger partial charge in [-0.3, -0.25) is 4.79 Å². The smallest absolute Gasteiger partial charge is 0.246 e. The molecule has 0 saturated carbocycles. The van der Waals surface area contributed by atoms with Crippen molar-refractivity contribution >= 4 is 11.8 Å². The first-order valence-corrected chi connectivity index (χ1v) is 9.31. The Balaban J connectivity index is 1.40. The number of rotatable bonds is 7. The number of carbonyl (C=O) groups is 1. The van der Waals surface area contributed by atoms with E-state index in [1.165, 1.54) is 31.0 Å².